The van der Waals surface area contributed by atoms with E-state index in [4.69, 9.17) is 4.43 Å². The van der Waals surface area contributed by atoms with E-state index in [0.29, 0.717) is 17.9 Å². The van der Waals surface area contributed by atoms with E-state index >= 15 is 0 Å². The Morgan fingerprint density at radius 1 is 1.12 bits per heavy atom. The quantitative estimate of drug-likeness (QED) is 0.342. The minimum Gasteiger partial charge on any atom is -0.412 e. The van der Waals surface area contributed by atoms with Crippen molar-refractivity contribution in [3.63, 3.8) is 0 Å². The first kappa shape index (κ1) is 32.4. The van der Waals surface area contributed by atoms with Crippen LogP contribution in [-0.4, -0.2) is 55.7 Å². The first-order chi connectivity index (χ1) is 18.6. The lowest BCUT2D eigenvalue weighted by Gasteiger charge is -2.45. The van der Waals surface area contributed by atoms with Gasteiger partial charge in [-0.1, -0.05) is 85.7 Å². The van der Waals surface area contributed by atoms with Crippen LogP contribution >= 0.6 is 0 Å². The Labute approximate surface area is 248 Å². The molecule has 1 amide bonds. The van der Waals surface area contributed by atoms with Gasteiger partial charge >= 0.3 is 0 Å². The highest BCUT2D eigenvalue weighted by molar-refractivity contribution is 7.90. The molecule has 0 unspecified atom stereocenters. The minimum absolute atomic E-state index is 0.0102. The molecule has 230 valence electrons. The van der Waals surface area contributed by atoms with Crippen molar-refractivity contribution in [3.05, 3.63) is 35.9 Å². The molecular formula is C32H51NO6SSi. The van der Waals surface area contributed by atoms with Crippen molar-refractivity contribution in [1.29, 1.82) is 0 Å². The summed E-state index contributed by atoms with van der Waals surface area (Å²) in [7, 11) is -6.29. The fourth-order valence-corrected chi connectivity index (χ4v) is 11.7. The molecule has 0 radical (unpaired) electrons. The summed E-state index contributed by atoms with van der Waals surface area (Å²) in [4.78, 5) is 28.2. The molecule has 4 rings (SSSR count). The number of nitrogens with zero attached hydrogens (tertiary/aromatic N) is 1. The maximum atomic E-state index is 14.1. The predicted molar refractivity (Wildman–Crippen MR) is 164 cm³/mol. The summed E-state index contributed by atoms with van der Waals surface area (Å²) >= 11 is 0. The van der Waals surface area contributed by atoms with Gasteiger partial charge in [-0.05, 0) is 54.3 Å². The van der Waals surface area contributed by atoms with Crippen LogP contribution in [0.1, 0.15) is 92.7 Å². The lowest BCUT2D eigenvalue weighted by atomic mass is 9.69. The van der Waals surface area contributed by atoms with E-state index in [1.165, 1.54) is 4.31 Å². The fraction of sp³-hybridized carbons (Fsp3) is 0.750. The van der Waals surface area contributed by atoms with Gasteiger partial charge in [-0.25, -0.2) is 12.7 Å². The fourth-order valence-electron chi connectivity index (χ4n) is 7.67. The number of amides is 1. The second kappa shape index (κ2) is 10.3. The van der Waals surface area contributed by atoms with Crippen molar-refractivity contribution in [2.75, 3.05) is 5.75 Å². The average molecular weight is 606 g/mol. The third-order valence-corrected chi connectivity index (χ3v) is 18.2. The Bertz CT molecular complexity index is 1280. The molecule has 1 saturated heterocycles. The number of hydrogen-bond acceptors (Lipinski definition) is 6. The van der Waals surface area contributed by atoms with Gasteiger partial charge in [-0.2, -0.15) is 0 Å². The van der Waals surface area contributed by atoms with Gasteiger partial charge in [0.25, 0.3) is 0 Å². The molecule has 1 spiro atoms. The molecule has 1 heterocycles. The Morgan fingerprint density at radius 2 is 1.71 bits per heavy atom. The molecular weight excluding hydrogens is 555 g/mol. The average Bonchev–Trinajstić information content (AvgIpc) is 3.34. The predicted octanol–water partition coefficient (Wildman–Crippen LogP) is 6.10. The molecule has 3 fully saturated rings. The van der Waals surface area contributed by atoms with E-state index in [1.807, 2.05) is 18.2 Å². The maximum absolute atomic E-state index is 14.1. The van der Waals surface area contributed by atoms with E-state index in [1.54, 1.807) is 32.9 Å². The third-order valence-electron chi connectivity index (χ3n) is 11.7. The zero-order valence-electron chi connectivity index (χ0n) is 26.7. The summed E-state index contributed by atoms with van der Waals surface area (Å²) < 4.78 is 35.3. The van der Waals surface area contributed by atoms with Crippen molar-refractivity contribution < 1.29 is 27.5 Å². The van der Waals surface area contributed by atoms with Gasteiger partial charge in [-0.15, -0.1) is 0 Å². The molecule has 3 aliphatic rings. The Morgan fingerprint density at radius 3 is 2.24 bits per heavy atom. The number of benzene rings is 1. The van der Waals surface area contributed by atoms with Gasteiger partial charge in [0.2, 0.25) is 15.9 Å². The van der Waals surface area contributed by atoms with Gasteiger partial charge in [0.05, 0.1) is 30.4 Å². The van der Waals surface area contributed by atoms with E-state index in [9.17, 15) is 23.1 Å². The number of carbonyl (C=O) groups is 2. The topological polar surface area (TPSA) is 101 Å². The largest absolute Gasteiger partial charge is 0.412 e. The highest BCUT2D eigenvalue weighted by Crippen LogP contribution is 2.70. The molecule has 1 aliphatic heterocycles. The summed E-state index contributed by atoms with van der Waals surface area (Å²) in [5.41, 5.74) is -1.07. The Kier molecular flexibility index (Phi) is 8.11. The lowest BCUT2D eigenvalue weighted by Crippen LogP contribution is -2.53. The van der Waals surface area contributed by atoms with Gasteiger partial charge in [0.1, 0.15) is 5.78 Å². The van der Waals surface area contributed by atoms with Crippen molar-refractivity contribution in [2.45, 2.75) is 117 Å². The molecule has 2 bridgehead atoms. The number of aliphatic hydroxyl groups is 1. The van der Waals surface area contributed by atoms with E-state index in [0.717, 1.165) is 12.8 Å². The number of sulfonamides is 1. The van der Waals surface area contributed by atoms with Crippen molar-refractivity contribution in [1.82, 2.24) is 4.31 Å². The smallest absolute Gasteiger partial charge is 0.238 e. The summed E-state index contributed by atoms with van der Waals surface area (Å²) in [5.74, 6) is -1.03. The normalized spacial score (nSPS) is 29.2. The number of rotatable bonds is 9. The highest BCUT2D eigenvalue weighted by Gasteiger charge is 2.72. The van der Waals surface area contributed by atoms with Crippen LogP contribution in [0.4, 0.5) is 0 Å². The molecule has 9 heteroatoms. The van der Waals surface area contributed by atoms with Crippen molar-refractivity contribution in [2.24, 2.45) is 28.1 Å². The molecule has 2 aliphatic carbocycles. The van der Waals surface area contributed by atoms with Crippen molar-refractivity contribution in [3.8, 4) is 0 Å². The number of fused-ring (bicyclic) bond motifs is 1. The summed E-state index contributed by atoms with van der Waals surface area (Å²) in [6, 6.07) is 8.75. The second-order valence-corrected chi connectivity index (χ2v) is 22.2. The van der Waals surface area contributed by atoms with Crippen LogP contribution in [0.15, 0.2) is 30.3 Å². The van der Waals surface area contributed by atoms with E-state index in [2.05, 4.69) is 47.7 Å². The third kappa shape index (κ3) is 5.16. The monoisotopic (exact) mass is 605 g/mol. The Balaban J connectivity index is 1.67. The molecule has 1 aromatic carbocycles. The van der Waals surface area contributed by atoms with Gasteiger partial charge in [0, 0.05) is 16.7 Å². The number of hydrogen-bond donors (Lipinski definition) is 1. The number of Topliss-reactive ketones (excluding diaryl/α,β-unsaturated/α-hetero) is 1. The summed E-state index contributed by atoms with van der Waals surface area (Å²) in [6.45, 7) is 20.0. The zero-order chi connectivity index (χ0) is 31.0. The molecule has 1 aromatic rings. The SMILES string of the molecule is C[C@H](C(=O)C(C)(C)[C@@H](CC(=O)N1[C@@H]2C[C@@H]3CC[C@@]2(CS1(=O)=O)C3(C)C)O[Si](C)(C)C(C)(C)C)[C@H](O)c1ccccc1. The van der Waals surface area contributed by atoms with E-state index in [-0.39, 0.29) is 34.5 Å². The molecule has 6 atom stereocenters. The molecule has 0 aromatic heterocycles. The van der Waals surface area contributed by atoms with Gasteiger partial charge < -0.3 is 9.53 Å². The number of ketones is 1. The van der Waals surface area contributed by atoms with Crippen molar-refractivity contribution >= 4 is 30.0 Å². The highest BCUT2D eigenvalue weighted by atomic mass is 32.2. The maximum Gasteiger partial charge on any atom is 0.238 e. The van der Waals surface area contributed by atoms with Crippen LogP contribution in [-0.2, 0) is 24.0 Å². The molecule has 41 heavy (non-hydrogen) atoms. The van der Waals surface area contributed by atoms with Crippen LogP contribution in [0.5, 0.6) is 0 Å². The van der Waals surface area contributed by atoms with Gasteiger partial charge in [-0.3, -0.25) is 9.59 Å². The first-order valence-corrected chi connectivity index (χ1v) is 19.6. The van der Waals surface area contributed by atoms with Crippen LogP contribution in [0.25, 0.3) is 0 Å². The summed E-state index contributed by atoms with van der Waals surface area (Å²) in [5, 5.41) is 10.9. The van der Waals surface area contributed by atoms with Crippen LogP contribution in [0.3, 0.4) is 0 Å². The summed E-state index contributed by atoms with van der Waals surface area (Å²) in [6.07, 6.45) is 0.474. The van der Waals surface area contributed by atoms with Crippen LogP contribution in [0.2, 0.25) is 18.1 Å². The number of aliphatic hydroxyl groups excluding tert-OH is 1. The first-order valence-electron chi connectivity index (χ1n) is 15.1. The number of carbonyl (C=O) groups excluding carboxylic acids is 2. The zero-order valence-corrected chi connectivity index (χ0v) is 28.5. The molecule has 1 N–H and O–H groups in total. The lowest BCUT2D eigenvalue weighted by molar-refractivity contribution is -0.142. The van der Waals surface area contributed by atoms with E-state index < -0.39 is 53.2 Å². The Hall–Kier alpha value is -1.55. The second-order valence-electron chi connectivity index (χ2n) is 15.6. The van der Waals surface area contributed by atoms with Crippen LogP contribution < -0.4 is 0 Å². The molecule has 7 nitrogen and oxygen atoms in total. The minimum atomic E-state index is -3.80. The van der Waals surface area contributed by atoms with Crippen LogP contribution in [0, 0.1) is 28.1 Å². The standard InChI is InChI=1S/C32H51NO6SSi/c1-21(27(35)22-14-12-11-13-15-22)28(36)30(5,6)25(39-41(9,10)29(2,3)4)19-26(34)33-24-18-23-16-17-32(24,31(23,7)8)20-40(33,37)38/h11-15,21,23-25,27,35H,16-20H2,1-10H3/t21-,23-,24+,25+,27-,32-/m0/s1. The molecule has 2 saturated carbocycles. The van der Waals surface area contributed by atoms with Gasteiger partial charge in [0.15, 0.2) is 8.32 Å².